The lowest BCUT2D eigenvalue weighted by Gasteiger charge is -2.48. The first-order valence-electron chi connectivity index (χ1n) is 15.6. The van der Waals surface area contributed by atoms with Gasteiger partial charge in [-0.1, -0.05) is 135 Å². The van der Waals surface area contributed by atoms with Gasteiger partial charge in [-0.05, 0) is 71.8 Å². The summed E-state index contributed by atoms with van der Waals surface area (Å²) in [6, 6.07) is 0. The lowest BCUT2D eigenvalue weighted by Crippen LogP contribution is -2.50. The van der Waals surface area contributed by atoms with Gasteiger partial charge in [0.25, 0.3) is 0 Å². The molecule has 43 heavy (non-hydrogen) atoms. The highest BCUT2D eigenvalue weighted by molar-refractivity contribution is 5.45. The van der Waals surface area contributed by atoms with E-state index in [-0.39, 0.29) is 22.9 Å². The van der Waals surface area contributed by atoms with Crippen molar-refractivity contribution in [1.82, 2.24) is 0 Å². The molecule has 1 saturated carbocycles. The molecule has 2 aliphatic carbocycles. The largest absolute Gasteiger partial charge is 0.393 e. The lowest BCUT2D eigenvalue weighted by molar-refractivity contribution is -0.111. The van der Waals surface area contributed by atoms with Gasteiger partial charge in [0.1, 0.15) is 0 Å². The first-order chi connectivity index (χ1) is 19.9. The highest BCUT2D eigenvalue weighted by atomic mass is 16.3. The van der Waals surface area contributed by atoms with Gasteiger partial charge < -0.3 is 15.3 Å². The summed E-state index contributed by atoms with van der Waals surface area (Å²) in [5.41, 5.74) is 5.61. The number of hydrogen-bond donors (Lipinski definition) is 3. The summed E-state index contributed by atoms with van der Waals surface area (Å²) >= 11 is 0. The molecule has 3 N–H and O–H groups in total. The lowest BCUT2D eigenvalue weighted by atomic mass is 9.61. The maximum Gasteiger partial charge on any atom is 0.0711 e. The Kier molecular flexibility index (Phi) is 13.3. The van der Waals surface area contributed by atoms with Crippen molar-refractivity contribution >= 4 is 0 Å². The van der Waals surface area contributed by atoms with Crippen LogP contribution in [0.5, 0.6) is 0 Å². The van der Waals surface area contributed by atoms with Crippen molar-refractivity contribution in [1.29, 1.82) is 0 Å². The minimum Gasteiger partial charge on any atom is -0.393 e. The van der Waals surface area contributed by atoms with Crippen molar-refractivity contribution in [3.63, 3.8) is 0 Å². The van der Waals surface area contributed by atoms with Crippen molar-refractivity contribution in [2.24, 2.45) is 16.7 Å². The molecule has 0 heterocycles. The van der Waals surface area contributed by atoms with E-state index in [4.69, 9.17) is 0 Å². The molecule has 1 fully saturated rings. The Labute approximate surface area is 262 Å². The monoisotopic (exact) mass is 584 g/mol. The summed E-state index contributed by atoms with van der Waals surface area (Å²) in [4.78, 5) is 0. The molecular weight excluding hydrogens is 528 g/mol. The number of rotatable bonds is 8. The molecule has 0 aromatic carbocycles. The van der Waals surface area contributed by atoms with Crippen LogP contribution >= 0.6 is 0 Å². The van der Waals surface area contributed by atoms with Crippen LogP contribution in [-0.2, 0) is 0 Å². The zero-order chi connectivity index (χ0) is 32.4. The van der Waals surface area contributed by atoms with E-state index in [0.29, 0.717) is 19.3 Å². The molecule has 234 valence electrons. The van der Waals surface area contributed by atoms with Crippen molar-refractivity contribution < 1.29 is 15.3 Å². The molecule has 4 unspecified atom stereocenters. The quantitative estimate of drug-likeness (QED) is 0.197. The topological polar surface area (TPSA) is 60.7 Å². The molecule has 0 aromatic heterocycles. The third-order valence-electron chi connectivity index (χ3n) is 8.50. The molecule has 0 aliphatic heterocycles. The Morgan fingerprint density at radius 3 is 1.81 bits per heavy atom. The maximum absolute atomic E-state index is 10.9. The normalized spacial score (nSPS) is 29.3. The van der Waals surface area contributed by atoms with Gasteiger partial charge in [-0.2, -0.15) is 0 Å². The Balaban J connectivity index is 1.92. The molecular formula is C40H56O3. The first-order valence-corrected chi connectivity index (χ1v) is 15.6. The van der Waals surface area contributed by atoms with Gasteiger partial charge in [-0.15, -0.1) is 0 Å². The summed E-state index contributed by atoms with van der Waals surface area (Å²) in [7, 11) is 0. The van der Waals surface area contributed by atoms with E-state index in [1.807, 2.05) is 44.2 Å². The number of aliphatic hydroxyl groups is 3. The summed E-state index contributed by atoms with van der Waals surface area (Å²) in [6.07, 6.45) is 26.6. The van der Waals surface area contributed by atoms with E-state index < -0.39 is 11.7 Å². The fraction of sp³-hybridized carbons (Fsp3) is 0.500. The third kappa shape index (κ3) is 12.0. The van der Waals surface area contributed by atoms with Gasteiger partial charge in [0, 0.05) is 23.3 Å². The standard InChI is InChI=1S/C40H56O3/c1-29(17-13-19-31(3)21-23-36-33(5)25-34(41)26-38(36,6)7)15-11-12-16-30(2)18-14-20-32(4)22-24-37-39(8,9)27-35(42)28-40(37,10)43/h11-20,22,24,34-35,37,41-43H,25-28H2,1-10H3. The SMILES string of the molecule is CC(C#CC1=C(C)CC(O)CC1(C)C)=CC=CC(C)=CC=CC=C(C)C=CC=C(C)C=CC1C(C)(C)CC(O)CC1(C)O. The minimum absolute atomic E-state index is 0.0137. The number of hydrogen-bond acceptors (Lipinski definition) is 3. The Morgan fingerprint density at radius 1 is 0.721 bits per heavy atom. The number of allylic oxidation sites excluding steroid dienone is 16. The van der Waals surface area contributed by atoms with Crippen molar-refractivity contribution in [3.8, 4) is 11.8 Å². The molecule has 3 heteroatoms. The zero-order valence-corrected chi connectivity index (χ0v) is 28.3. The van der Waals surface area contributed by atoms with Gasteiger partial charge in [0.15, 0.2) is 0 Å². The average Bonchev–Trinajstić information content (AvgIpc) is 2.83. The predicted octanol–water partition coefficient (Wildman–Crippen LogP) is 9.05. The van der Waals surface area contributed by atoms with E-state index >= 15 is 0 Å². The zero-order valence-electron chi connectivity index (χ0n) is 28.3. The molecule has 4 atom stereocenters. The van der Waals surface area contributed by atoms with Crippen LogP contribution in [-0.4, -0.2) is 33.1 Å². The number of aliphatic hydroxyl groups excluding tert-OH is 2. The van der Waals surface area contributed by atoms with Crippen LogP contribution in [0.3, 0.4) is 0 Å². The van der Waals surface area contributed by atoms with Crippen LogP contribution in [0.4, 0.5) is 0 Å². The van der Waals surface area contributed by atoms with Crippen molar-refractivity contribution in [3.05, 3.63) is 106 Å². The second-order valence-electron chi connectivity index (χ2n) is 14.3. The minimum atomic E-state index is -0.914. The Bertz CT molecular complexity index is 1300. The fourth-order valence-corrected chi connectivity index (χ4v) is 6.52. The van der Waals surface area contributed by atoms with E-state index in [2.05, 4.69) is 110 Å². The van der Waals surface area contributed by atoms with E-state index in [0.717, 1.165) is 34.3 Å². The summed E-state index contributed by atoms with van der Waals surface area (Å²) in [5.74, 6) is 6.65. The predicted molar refractivity (Wildman–Crippen MR) is 184 cm³/mol. The highest BCUT2D eigenvalue weighted by Crippen LogP contribution is 2.47. The second-order valence-corrected chi connectivity index (χ2v) is 14.3. The van der Waals surface area contributed by atoms with Gasteiger partial charge in [0.05, 0.1) is 17.8 Å². The molecule has 2 aliphatic rings. The van der Waals surface area contributed by atoms with Crippen molar-refractivity contribution in [2.75, 3.05) is 0 Å². The van der Waals surface area contributed by atoms with E-state index in [1.165, 1.54) is 5.57 Å². The van der Waals surface area contributed by atoms with Gasteiger partial charge >= 0.3 is 0 Å². The second kappa shape index (κ2) is 15.7. The fourth-order valence-electron chi connectivity index (χ4n) is 6.52. The van der Waals surface area contributed by atoms with E-state index in [9.17, 15) is 15.3 Å². The third-order valence-corrected chi connectivity index (χ3v) is 8.50. The molecule has 0 bridgehead atoms. The van der Waals surface area contributed by atoms with Crippen LogP contribution in [0.15, 0.2) is 106 Å². The van der Waals surface area contributed by atoms with Crippen LogP contribution in [0.2, 0.25) is 0 Å². The molecule has 3 nitrogen and oxygen atoms in total. The molecule has 2 rings (SSSR count). The Morgan fingerprint density at radius 2 is 1.26 bits per heavy atom. The summed E-state index contributed by atoms with van der Waals surface area (Å²) in [5, 5.41) is 31.1. The van der Waals surface area contributed by atoms with Gasteiger partial charge in [-0.3, -0.25) is 0 Å². The molecule has 0 amide bonds. The van der Waals surface area contributed by atoms with E-state index in [1.54, 1.807) is 0 Å². The van der Waals surface area contributed by atoms with Crippen molar-refractivity contribution in [2.45, 2.75) is 113 Å². The molecule has 0 spiro atoms. The average molecular weight is 585 g/mol. The Hall–Kier alpha value is -2.90. The summed E-state index contributed by atoms with van der Waals surface area (Å²) in [6.45, 7) is 20.7. The molecule has 0 aromatic rings. The van der Waals surface area contributed by atoms with Gasteiger partial charge in [-0.25, -0.2) is 0 Å². The molecule has 0 radical (unpaired) electrons. The highest BCUT2D eigenvalue weighted by Gasteiger charge is 2.47. The van der Waals surface area contributed by atoms with Crippen LogP contribution in [0.1, 0.15) is 94.9 Å². The van der Waals surface area contributed by atoms with Crippen LogP contribution < -0.4 is 0 Å². The smallest absolute Gasteiger partial charge is 0.0711 e. The first kappa shape index (κ1) is 36.3. The molecule has 0 saturated heterocycles. The maximum atomic E-state index is 10.9. The van der Waals surface area contributed by atoms with Gasteiger partial charge in [0.2, 0.25) is 0 Å². The van der Waals surface area contributed by atoms with Crippen LogP contribution in [0.25, 0.3) is 0 Å². The van der Waals surface area contributed by atoms with Crippen LogP contribution in [0, 0.1) is 28.6 Å². The summed E-state index contributed by atoms with van der Waals surface area (Å²) < 4.78 is 0.